The SMILES string of the molecule is CCC(C)/C=C(\C)c1cc(OC)c(C)c(=O)o1. The largest absolute Gasteiger partial charge is 0.496 e. The molecule has 1 atom stereocenters. The highest BCUT2D eigenvalue weighted by Crippen LogP contribution is 2.22. The number of hydrogen-bond donors (Lipinski definition) is 0. The Bertz CT molecular complexity index is 469. The summed E-state index contributed by atoms with van der Waals surface area (Å²) in [6, 6.07) is 1.77. The second-order valence-corrected chi connectivity index (χ2v) is 4.33. The molecule has 17 heavy (non-hydrogen) atoms. The molecule has 0 aliphatic carbocycles. The second-order valence-electron chi connectivity index (χ2n) is 4.33. The van der Waals surface area contributed by atoms with Crippen LogP contribution in [0.15, 0.2) is 21.4 Å². The van der Waals surface area contributed by atoms with E-state index in [4.69, 9.17) is 9.15 Å². The highest BCUT2D eigenvalue weighted by molar-refractivity contribution is 5.60. The first-order valence-corrected chi connectivity index (χ1v) is 5.87. The van der Waals surface area contributed by atoms with E-state index in [1.807, 2.05) is 6.92 Å². The number of rotatable bonds is 4. The Kier molecular flexibility index (Phi) is 4.55. The molecule has 0 spiro atoms. The first kappa shape index (κ1) is 13.6. The van der Waals surface area contributed by atoms with Crippen LogP contribution in [-0.4, -0.2) is 7.11 Å². The molecule has 3 nitrogen and oxygen atoms in total. The van der Waals surface area contributed by atoms with Crippen LogP contribution in [0.4, 0.5) is 0 Å². The van der Waals surface area contributed by atoms with Crippen molar-refractivity contribution < 1.29 is 9.15 Å². The second kappa shape index (κ2) is 5.71. The summed E-state index contributed by atoms with van der Waals surface area (Å²) in [5, 5.41) is 0. The molecule has 0 amide bonds. The fourth-order valence-corrected chi connectivity index (χ4v) is 1.57. The molecular weight excluding hydrogens is 216 g/mol. The van der Waals surface area contributed by atoms with Gasteiger partial charge in [0, 0.05) is 6.07 Å². The van der Waals surface area contributed by atoms with Crippen LogP contribution in [0.2, 0.25) is 0 Å². The summed E-state index contributed by atoms with van der Waals surface area (Å²) in [6.07, 6.45) is 3.16. The van der Waals surface area contributed by atoms with Gasteiger partial charge in [0.1, 0.15) is 11.5 Å². The lowest BCUT2D eigenvalue weighted by Crippen LogP contribution is -2.07. The molecule has 0 fully saturated rings. The van der Waals surface area contributed by atoms with Crippen LogP contribution in [0.25, 0.3) is 5.57 Å². The summed E-state index contributed by atoms with van der Waals surface area (Å²) < 4.78 is 10.4. The fraction of sp³-hybridized carbons (Fsp3) is 0.500. The number of methoxy groups -OCH3 is 1. The Hall–Kier alpha value is -1.51. The molecule has 0 aromatic carbocycles. The van der Waals surface area contributed by atoms with E-state index in [0.717, 1.165) is 12.0 Å². The maximum absolute atomic E-state index is 11.6. The molecule has 0 aliphatic rings. The van der Waals surface area contributed by atoms with Crippen molar-refractivity contribution in [2.75, 3.05) is 7.11 Å². The average Bonchev–Trinajstić information content (AvgIpc) is 2.32. The molecular formula is C14H20O3. The van der Waals surface area contributed by atoms with Crippen LogP contribution < -0.4 is 10.4 Å². The molecule has 0 saturated carbocycles. The molecule has 1 heterocycles. The Morgan fingerprint density at radius 3 is 2.76 bits per heavy atom. The minimum Gasteiger partial charge on any atom is -0.496 e. The average molecular weight is 236 g/mol. The zero-order chi connectivity index (χ0) is 13.0. The van der Waals surface area contributed by atoms with Gasteiger partial charge in [0.15, 0.2) is 0 Å². The predicted molar refractivity (Wildman–Crippen MR) is 69.4 cm³/mol. The van der Waals surface area contributed by atoms with Crippen LogP contribution in [0.5, 0.6) is 5.75 Å². The van der Waals surface area contributed by atoms with Gasteiger partial charge in [-0.1, -0.05) is 26.3 Å². The van der Waals surface area contributed by atoms with Gasteiger partial charge in [0.2, 0.25) is 0 Å². The number of hydrogen-bond acceptors (Lipinski definition) is 3. The molecule has 0 saturated heterocycles. The Balaban J connectivity index is 3.20. The van der Waals surface area contributed by atoms with E-state index in [1.54, 1.807) is 20.1 Å². The molecule has 1 unspecified atom stereocenters. The van der Waals surface area contributed by atoms with E-state index in [2.05, 4.69) is 19.9 Å². The molecule has 3 heteroatoms. The highest BCUT2D eigenvalue weighted by atomic mass is 16.5. The fourth-order valence-electron chi connectivity index (χ4n) is 1.57. The Labute approximate surface area is 102 Å². The molecule has 94 valence electrons. The van der Waals surface area contributed by atoms with E-state index < -0.39 is 0 Å². The van der Waals surface area contributed by atoms with Crippen molar-refractivity contribution >= 4 is 5.57 Å². The van der Waals surface area contributed by atoms with E-state index in [-0.39, 0.29) is 5.63 Å². The van der Waals surface area contributed by atoms with Crippen molar-refractivity contribution in [1.29, 1.82) is 0 Å². The third kappa shape index (κ3) is 3.22. The van der Waals surface area contributed by atoms with Crippen molar-refractivity contribution in [2.24, 2.45) is 5.92 Å². The van der Waals surface area contributed by atoms with Crippen molar-refractivity contribution in [3.8, 4) is 5.75 Å². The van der Waals surface area contributed by atoms with Crippen LogP contribution in [0, 0.1) is 12.8 Å². The molecule has 1 aromatic rings. The molecule has 0 bridgehead atoms. The van der Waals surface area contributed by atoms with Gasteiger partial charge < -0.3 is 9.15 Å². The van der Waals surface area contributed by atoms with E-state index in [9.17, 15) is 4.79 Å². The van der Waals surface area contributed by atoms with Crippen LogP contribution in [-0.2, 0) is 0 Å². The molecule has 0 aliphatic heterocycles. The maximum atomic E-state index is 11.6. The van der Waals surface area contributed by atoms with Gasteiger partial charge in [-0.25, -0.2) is 4.79 Å². The van der Waals surface area contributed by atoms with Crippen LogP contribution >= 0.6 is 0 Å². The summed E-state index contributed by atoms with van der Waals surface area (Å²) in [5.41, 5.74) is 1.14. The van der Waals surface area contributed by atoms with Crippen LogP contribution in [0.1, 0.15) is 38.5 Å². The first-order chi connectivity index (χ1) is 7.99. The van der Waals surface area contributed by atoms with Gasteiger partial charge >= 0.3 is 5.63 Å². The topological polar surface area (TPSA) is 39.4 Å². The summed E-state index contributed by atoms with van der Waals surface area (Å²) in [4.78, 5) is 11.6. The summed E-state index contributed by atoms with van der Waals surface area (Å²) in [6.45, 7) is 7.90. The van der Waals surface area contributed by atoms with Gasteiger partial charge in [-0.05, 0) is 25.3 Å². The van der Waals surface area contributed by atoms with Crippen LogP contribution in [0.3, 0.4) is 0 Å². The van der Waals surface area contributed by atoms with Gasteiger partial charge in [0.25, 0.3) is 0 Å². The van der Waals surface area contributed by atoms with Gasteiger partial charge in [-0.15, -0.1) is 0 Å². The van der Waals surface area contributed by atoms with Crippen molar-refractivity contribution in [3.05, 3.63) is 33.9 Å². The van der Waals surface area contributed by atoms with E-state index in [0.29, 0.717) is 23.0 Å². The Morgan fingerprint density at radius 1 is 1.59 bits per heavy atom. The smallest absolute Gasteiger partial charge is 0.342 e. The zero-order valence-electron chi connectivity index (χ0n) is 11.2. The summed E-state index contributed by atoms with van der Waals surface area (Å²) in [7, 11) is 1.55. The standard InChI is InChI=1S/C14H20O3/c1-6-9(2)7-10(3)12-8-13(16-5)11(4)14(15)17-12/h7-9H,6H2,1-5H3/b10-7+. The number of ether oxygens (including phenoxy) is 1. The van der Waals surface area contributed by atoms with Crippen molar-refractivity contribution in [2.45, 2.75) is 34.1 Å². The quantitative estimate of drug-likeness (QED) is 0.804. The van der Waals surface area contributed by atoms with Gasteiger partial charge in [0.05, 0.1) is 12.7 Å². The summed E-state index contributed by atoms with van der Waals surface area (Å²) >= 11 is 0. The normalized spacial score (nSPS) is 13.6. The van der Waals surface area contributed by atoms with Crippen molar-refractivity contribution in [3.63, 3.8) is 0 Å². The Morgan fingerprint density at radius 2 is 2.24 bits per heavy atom. The van der Waals surface area contributed by atoms with Gasteiger partial charge in [-0.3, -0.25) is 0 Å². The monoisotopic (exact) mass is 236 g/mol. The predicted octanol–water partition coefficient (Wildman–Crippen LogP) is 3.41. The minimum atomic E-state index is -0.337. The zero-order valence-corrected chi connectivity index (χ0v) is 11.2. The molecule has 0 N–H and O–H groups in total. The third-order valence-electron chi connectivity index (χ3n) is 2.93. The van der Waals surface area contributed by atoms with E-state index >= 15 is 0 Å². The highest BCUT2D eigenvalue weighted by Gasteiger charge is 2.09. The maximum Gasteiger partial charge on any atom is 0.342 e. The molecule has 0 radical (unpaired) electrons. The van der Waals surface area contributed by atoms with E-state index in [1.165, 1.54) is 0 Å². The molecule has 1 aromatic heterocycles. The molecule has 1 rings (SSSR count). The minimum absolute atomic E-state index is 0.337. The first-order valence-electron chi connectivity index (χ1n) is 5.87. The van der Waals surface area contributed by atoms with Crippen molar-refractivity contribution in [1.82, 2.24) is 0 Å². The summed E-state index contributed by atoms with van der Waals surface area (Å²) in [5.74, 6) is 1.62. The lowest BCUT2D eigenvalue weighted by Gasteiger charge is -2.08. The van der Waals surface area contributed by atoms with Gasteiger partial charge in [-0.2, -0.15) is 0 Å². The number of allylic oxidation sites excluding steroid dienone is 2. The lowest BCUT2D eigenvalue weighted by molar-refractivity contribution is 0.394. The lowest BCUT2D eigenvalue weighted by atomic mass is 10.0. The third-order valence-corrected chi connectivity index (χ3v) is 2.93.